The average molecular weight is 965 g/mol. The Kier molecular flexibility index (Phi) is 12.4. The van der Waals surface area contributed by atoms with Crippen LogP contribution in [0, 0.1) is 11.6 Å². The molecule has 20 heteroatoms. The Hall–Kier alpha value is -7.84. The van der Waals surface area contributed by atoms with Gasteiger partial charge >= 0.3 is 0 Å². The number of aliphatic hydroxyl groups excluding tert-OH is 2. The van der Waals surface area contributed by atoms with Gasteiger partial charge in [-0.15, -0.1) is 0 Å². The van der Waals surface area contributed by atoms with Gasteiger partial charge in [0.15, 0.2) is 11.3 Å². The number of aliphatic hydroxyl groups is 2. The van der Waals surface area contributed by atoms with Crippen LogP contribution >= 0.6 is 0 Å². The monoisotopic (exact) mass is 964 g/mol. The Morgan fingerprint density at radius 2 is 1.18 bits per heavy atom. The van der Waals surface area contributed by atoms with Gasteiger partial charge in [-0.1, -0.05) is 30.3 Å². The highest BCUT2D eigenvalue weighted by molar-refractivity contribution is 6.02. The van der Waals surface area contributed by atoms with Gasteiger partial charge in [0.1, 0.15) is 45.7 Å². The van der Waals surface area contributed by atoms with E-state index in [4.69, 9.17) is 9.97 Å². The topological polar surface area (TPSA) is 210 Å². The highest BCUT2D eigenvalue weighted by Gasteiger charge is 2.33. The van der Waals surface area contributed by atoms with Gasteiger partial charge in [-0.3, -0.25) is 9.59 Å². The zero-order chi connectivity index (χ0) is 49.8. The first-order chi connectivity index (χ1) is 34.2. The fraction of sp³-hybridized carbons (Fsp3) is 0.333. The van der Waals surface area contributed by atoms with Gasteiger partial charge in [0.05, 0.1) is 60.5 Å². The van der Waals surface area contributed by atoms with Crippen molar-refractivity contribution in [3.63, 3.8) is 0 Å². The third-order valence-corrected chi connectivity index (χ3v) is 13.4. The molecule has 18 nitrogen and oxygen atoms in total. The first-order valence-corrected chi connectivity index (χ1v) is 23.7. The van der Waals surface area contributed by atoms with E-state index in [0.717, 1.165) is 24.2 Å². The van der Waals surface area contributed by atoms with E-state index in [1.165, 1.54) is 36.9 Å². The third kappa shape index (κ3) is 8.77. The van der Waals surface area contributed by atoms with E-state index < -0.39 is 23.8 Å². The number of fused-ring (bicyclic) bond motifs is 4. The molecule has 2 amide bonds. The van der Waals surface area contributed by atoms with Gasteiger partial charge in [0.2, 0.25) is 0 Å². The molecule has 2 fully saturated rings. The van der Waals surface area contributed by atoms with Crippen LogP contribution in [0.3, 0.4) is 0 Å². The van der Waals surface area contributed by atoms with Crippen molar-refractivity contribution in [2.75, 3.05) is 24.3 Å². The van der Waals surface area contributed by atoms with Crippen molar-refractivity contribution in [3.05, 3.63) is 120 Å². The average Bonchev–Trinajstić information content (AvgIpc) is 4.16. The number of amides is 2. The summed E-state index contributed by atoms with van der Waals surface area (Å²) < 4.78 is 35.6. The van der Waals surface area contributed by atoms with E-state index in [1.54, 1.807) is 16.1 Å². The number of carbonyl (C=O) groups is 2. The zero-order valence-corrected chi connectivity index (χ0v) is 40.0. The van der Waals surface area contributed by atoms with Gasteiger partial charge in [0, 0.05) is 79.1 Å². The predicted molar refractivity (Wildman–Crippen MR) is 265 cm³/mol. The molecular formula is C51H54F2N14O4. The normalized spacial score (nSPS) is 17.6. The number of rotatable bonds is 12. The Labute approximate surface area is 406 Å². The number of nitrogens with zero attached hydrogens (tertiary/aromatic N) is 11. The minimum atomic E-state index is -0.545. The van der Waals surface area contributed by atoms with Crippen LogP contribution in [0.1, 0.15) is 91.7 Å². The maximum atomic E-state index is 14.4. The Morgan fingerprint density at radius 3 is 1.65 bits per heavy atom. The quantitative estimate of drug-likeness (QED) is 0.0830. The first-order valence-electron chi connectivity index (χ1n) is 23.7. The summed E-state index contributed by atoms with van der Waals surface area (Å²) >= 11 is 0. The van der Waals surface area contributed by atoms with Crippen molar-refractivity contribution in [2.24, 2.45) is 0 Å². The molecule has 0 radical (unpaired) electrons. The smallest absolute Gasteiger partial charge is 0.257 e. The van der Waals surface area contributed by atoms with E-state index in [-0.39, 0.29) is 36.0 Å². The maximum absolute atomic E-state index is 14.4. The minimum absolute atomic E-state index is 0.0911. The van der Waals surface area contributed by atoms with E-state index >= 15 is 0 Å². The van der Waals surface area contributed by atoms with E-state index in [2.05, 4.69) is 36.1 Å². The van der Waals surface area contributed by atoms with Crippen LogP contribution in [0.2, 0.25) is 0 Å². The lowest BCUT2D eigenvalue weighted by atomic mass is 9.89. The van der Waals surface area contributed by atoms with Crippen LogP contribution < -0.4 is 20.9 Å². The van der Waals surface area contributed by atoms with Gasteiger partial charge in [-0.05, 0) is 71.1 Å². The summed E-state index contributed by atoms with van der Waals surface area (Å²) in [5.41, 5.74) is 6.36. The zero-order valence-electron chi connectivity index (χ0n) is 40.0. The fourth-order valence-corrected chi connectivity index (χ4v) is 9.10. The molecule has 8 heterocycles. The molecule has 0 saturated heterocycles. The molecule has 2 aliphatic carbocycles. The number of anilines is 2. The van der Waals surface area contributed by atoms with Crippen molar-refractivity contribution in [3.8, 4) is 22.5 Å². The SMILES string of the molecule is CC(C)n1cc(-c2cc(N(C)Cc3ccccc3)n3ncc(C(=O)NC4CC[C@H]4O)c3n2)c2cc(F)cnc21.CNc1cc(-c2cn(C(C)C)c3ncc(F)cc23)nc2c(C(=O)NC3CC[C@H]3O)cnn12. The fourth-order valence-electron chi connectivity index (χ4n) is 9.10. The van der Waals surface area contributed by atoms with Crippen LogP contribution in [0.15, 0.2) is 91.8 Å². The third-order valence-electron chi connectivity index (χ3n) is 13.4. The second-order valence-corrected chi connectivity index (χ2v) is 18.8. The van der Waals surface area contributed by atoms with Crippen molar-refractivity contribution in [1.29, 1.82) is 0 Å². The first kappa shape index (κ1) is 46.9. The number of aromatic nitrogens is 10. The van der Waals surface area contributed by atoms with Gasteiger partial charge in [-0.2, -0.15) is 19.2 Å². The van der Waals surface area contributed by atoms with Gasteiger partial charge in [-0.25, -0.2) is 28.7 Å². The largest absolute Gasteiger partial charge is 0.391 e. The molecule has 0 aliphatic heterocycles. The molecule has 2 unspecified atom stereocenters. The summed E-state index contributed by atoms with van der Waals surface area (Å²) in [4.78, 5) is 46.4. The molecule has 8 aromatic heterocycles. The number of nitrogens with one attached hydrogen (secondary N) is 3. The molecule has 366 valence electrons. The van der Waals surface area contributed by atoms with Crippen molar-refractivity contribution in [2.45, 2.75) is 96.3 Å². The number of hydrogen-bond donors (Lipinski definition) is 5. The molecule has 11 rings (SSSR count). The lowest BCUT2D eigenvalue weighted by Gasteiger charge is -2.32. The highest BCUT2D eigenvalue weighted by Crippen LogP contribution is 2.36. The molecule has 5 N–H and O–H groups in total. The van der Waals surface area contributed by atoms with Gasteiger partial charge < -0.3 is 40.2 Å². The lowest BCUT2D eigenvalue weighted by Crippen LogP contribution is -2.50. The van der Waals surface area contributed by atoms with Crippen LogP contribution in [-0.2, 0) is 6.54 Å². The summed E-state index contributed by atoms with van der Waals surface area (Å²) in [6, 6.07) is 16.3. The molecule has 0 spiro atoms. The summed E-state index contributed by atoms with van der Waals surface area (Å²) in [6.07, 6.45) is 11.0. The van der Waals surface area contributed by atoms with E-state index in [9.17, 15) is 28.6 Å². The van der Waals surface area contributed by atoms with Gasteiger partial charge in [0.25, 0.3) is 11.8 Å². The summed E-state index contributed by atoms with van der Waals surface area (Å²) in [5.74, 6) is -0.200. The molecule has 71 heavy (non-hydrogen) atoms. The molecular weight excluding hydrogens is 911 g/mol. The van der Waals surface area contributed by atoms with Crippen LogP contribution in [0.4, 0.5) is 20.4 Å². The number of benzene rings is 1. The predicted octanol–water partition coefficient (Wildman–Crippen LogP) is 7.12. The van der Waals surface area contributed by atoms with Crippen molar-refractivity contribution in [1.82, 2.24) is 58.9 Å². The lowest BCUT2D eigenvalue weighted by molar-refractivity contribution is 0.0448. The van der Waals surface area contributed by atoms with E-state index in [1.807, 2.05) is 104 Å². The standard InChI is InChI=1S/C29H30FN7O2.C22H24FN7O2/c1-17(2)36-16-22(20-11-19(30)13-31-27(20)36)24-12-26(35(3)15-18-7-5-4-6-8-18)37-28(33-24)21(14-32-37)29(39)34-23-9-10-25(23)38;1-11(2)29-10-15(13-6-12(23)8-25-20(13)29)17-7-19(24-3)30-21(27-17)14(9-26-30)22(32)28-16-4-5-18(16)31/h4-8,11-14,16-17,23,25,38H,9-10,15H2,1-3H3,(H,34,39);6-11,16,18,24,31H,4-5H2,1-3H3,(H,28,32)/t23?,25-;16?,18-/m11/s1. The summed E-state index contributed by atoms with van der Waals surface area (Å²) in [7, 11) is 3.71. The van der Waals surface area contributed by atoms with Crippen LogP contribution in [0.25, 0.3) is 55.9 Å². The Balaban J connectivity index is 0.000000167. The molecule has 1 aromatic carbocycles. The molecule has 4 atom stereocenters. The molecule has 9 aromatic rings. The second-order valence-electron chi connectivity index (χ2n) is 18.8. The number of pyridine rings is 2. The van der Waals surface area contributed by atoms with Crippen LogP contribution in [-0.4, -0.2) is 109 Å². The Morgan fingerprint density at radius 1 is 0.690 bits per heavy atom. The maximum Gasteiger partial charge on any atom is 0.257 e. The minimum Gasteiger partial charge on any atom is -0.391 e. The van der Waals surface area contributed by atoms with E-state index in [0.29, 0.717) is 92.2 Å². The molecule has 0 bridgehead atoms. The second kappa shape index (κ2) is 18.8. The number of hydrogen-bond acceptors (Lipinski definition) is 12. The van der Waals surface area contributed by atoms with Crippen LogP contribution in [0.5, 0.6) is 0 Å². The number of carbonyl (C=O) groups excluding carboxylic acids is 2. The molecule has 2 saturated carbocycles. The van der Waals surface area contributed by atoms with Crippen molar-refractivity contribution < 1.29 is 28.6 Å². The summed E-state index contributed by atoms with van der Waals surface area (Å²) in [5, 5.41) is 38.8. The number of halogens is 2. The highest BCUT2D eigenvalue weighted by atomic mass is 19.1. The van der Waals surface area contributed by atoms with Crippen molar-refractivity contribution >= 4 is 56.8 Å². The Bertz CT molecular complexity index is 3470. The molecule has 2 aliphatic rings. The summed E-state index contributed by atoms with van der Waals surface area (Å²) in [6.45, 7) is 8.73.